The number of halogens is 2. The molecule has 2 aromatic rings. The minimum atomic E-state index is -3.28. The average molecular weight is 336 g/mol. The fourth-order valence-electron chi connectivity index (χ4n) is 2.56. The van der Waals surface area contributed by atoms with E-state index in [4.69, 9.17) is 8.85 Å². The van der Waals surface area contributed by atoms with Crippen molar-refractivity contribution in [2.45, 2.75) is 13.0 Å². The molecule has 0 bridgehead atoms. The van der Waals surface area contributed by atoms with Crippen LogP contribution in [-0.4, -0.2) is 28.2 Å². The second-order valence-corrected chi connectivity index (χ2v) is 8.50. The molecule has 0 heterocycles. The molecule has 3 nitrogen and oxygen atoms in total. The lowest BCUT2D eigenvalue weighted by Gasteiger charge is -2.25. The van der Waals surface area contributed by atoms with Crippen LogP contribution >= 0.6 is 0 Å². The third kappa shape index (κ3) is 3.24. The molecule has 0 aliphatic rings. The van der Waals surface area contributed by atoms with Gasteiger partial charge in [-0.25, -0.2) is 8.78 Å². The molecule has 0 aromatic heterocycles. The van der Waals surface area contributed by atoms with Crippen LogP contribution in [0.4, 0.5) is 8.78 Å². The number of carbonyl (C=O) groups excluding carboxylic acids is 1. The Morgan fingerprint density at radius 2 is 1.70 bits per heavy atom. The van der Waals surface area contributed by atoms with Gasteiger partial charge < -0.3 is 8.85 Å². The Hall–Kier alpha value is -1.89. The first kappa shape index (κ1) is 17.5. The van der Waals surface area contributed by atoms with Crippen LogP contribution in [0.2, 0.25) is 6.04 Å². The van der Waals surface area contributed by atoms with Crippen LogP contribution in [0.5, 0.6) is 0 Å². The van der Waals surface area contributed by atoms with E-state index in [0.717, 1.165) is 6.07 Å². The highest BCUT2D eigenvalue weighted by atomic mass is 28.4. The normalized spacial score (nSPS) is 11.5. The molecule has 0 spiro atoms. The quantitative estimate of drug-likeness (QED) is 0.745. The van der Waals surface area contributed by atoms with Gasteiger partial charge in [-0.15, -0.1) is 0 Å². The minimum Gasteiger partial charge on any atom is -0.392 e. The zero-order valence-corrected chi connectivity index (χ0v) is 14.2. The molecule has 0 unspecified atom stereocenters. The highest BCUT2D eigenvalue weighted by molar-refractivity contribution is 6.99. The molecule has 0 amide bonds. The lowest BCUT2D eigenvalue weighted by atomic mass is 9.99. The van der Waals surface area contributed by atoms with Gasteiger partial charge in [0.05, 0.1) is 5.56 Å². The molecule has 23 heavy (non-hydrogen) atoms. The van der Waals surface area contributed by atoms with Crippen LogP contribution < -0.4 is 0 Å². The van der Waals surface area contributed by atoms with E-state index in [1.807, 2.05) is 0 Å². The Bertz CT molecular complexity index is 692. The van der Waals surface area contributed by atoms with Crippen molar-refractivity contribution in [1.82, 2.24) is 0 Å². The predicted molar refractivity (Wildman–Crippen MR) is 86.4 cm³/mol. The van der Waals surface area contributed by atoms with Crippen LogP contribution in [0, 0.1) is 11.6 Å². The van der Waals surface area contributed by atoms with Gasteiger partial charge in [0.25, 0.3) is 0 Å². The smallest absolute Gasteiger partial charge is 0.392 e. The second kappa shape index (κ2) is 7.12. The minimum absolute atomic E-state index is 0.185. The van der Waals surface area contributed by atoms with Crippen LogP contribution in [0.25, 0.3) is 11.1 Å². The Labute approximate surface area is 135 Å². The molecule has 0 N–H and O–H groups in total. The molecule has 0 saturated heterocycles. The van der Waals surface area contributed by atoms with Gasteiger partial charge in [-0.05, 0) is 23.2 Å². The highest BCUT2D eigenvalue weighted by Gasteiger charge is 2.45. The number of benzene rings is 2. The summed E-state index contributed by atoms with van der Waals surface area (Å²) >= 11 is 0. The number of hydrogen-bond donors (Lipinski definition) is 0. The Balaban J connectivity index is 2.69. The summed E-state index contributed by atoms with van der Waals surface area (Å²) in [6.45, 7) is 1.75. The van der Waals surface area contributed by atoms with E-state index in [2.05, 4.69) is 0 Å². The van der Waals surface area contributed by atoms with Crippen molar-refractivity contribution in [3.63, 3.8) is 0 Å². The maximum atomic E-state index is 14.4. The molecular weight excluding hydrogens is 318 g/mol. The largest absolute Gasteiger partial charge is 0.415 e. The van der Waals surface area contributed by atoms with Gasteiger partial charge >= 0.3 is 8.56 Å². The van der Waals surface area contributed by atoms with Crippen molar-refractivity contribution >= 4 is 14.0 Å². The van der Waals surface area contributed by atoms with Gasteiger partial charge in [-0.2, -0.15) is 0 Å². The number of hydrogen-bond acceptors (Lipinski definition) is 3. The van der Waals surface area contributed by atoms with Crippen LogP contribution in [0.1, 0.15) is 17.3 Å². The van der Waals surface area contributed by atoms with Crippen molar-refractivity contribution in [3.8, 4) is 11.1 Å². The van der Waals surface area contributed by atoms with E-state index >= 15 is 0 Å². The van der Waals surface area contributed by atoms with Crippen LogP contribution in [-0.2, 0) is 8.85 Å². The molecule has 0 aliphatic carbocycles. The standard InChI is InChI=1S/C17H18F2O3Si/c1-4-23(21-2,22-3)17(20)16-14(10-13(18)11-15(16)19)12-8-6-5-7-9-12/h5-11H,4H2,1-3H3. The van der Waals surface area contributed by atoms with Crippen LogP contribution in [0.3, 0.4) is 0 Å². The van der Waals surface area contributed by atoms with E-state index in [0.29, 0.717) is 17.7 Å². The zero-order valence-electron chi connectivity index (χ0n) is 13.2. The third-order valence-electron chi connectivity index (χ3n) is 3.84. The molecule has 0 saturated carbocycles. The fraction of sp³-hybridized carbons (Fsp3) is 0.235. The maximum Gasteiger partial charge on any atom is 0.415 e. The van der Waals surface area contributed by atoms with Crippen molar-refractivity contribution in [2.75, 3.05) is 14.2 Å². The van der Waals surface area contributed by atoms with Crippen molar-refractivity contribution in [2.24, 2.45) is 0 Å². The van der Waals surface area contributed by atoms with E-state index in [1.165, 1.54) is 14.2 Å². The first-order valence-electron chi connectivity index (χ1n) is 7.18. The third-order valence-corrected chi connectivity index (χ3v) is 7.03. The summed E-state index contributed by atoms with van der Waals surface area (Å²) in [7, 11) is -0.525. The Morgan fingerprint density at radius 1 is 1.09 bits per heavy atom. The van der Waals surface area contributed by atoms with E-state index < -0.39 is 25.6 Å². The van der Waals surface area contributed by atoms with Crippen molar-refractivity contribution in [1.29, 1.82) is 0 Å². The summed E-state index contributed by atoms with van der Waals surface area (Å²) in [5.41, 5.74) is 0.572. The molecule has 2 rings (SSSR count). The molecule has 0 radical (unpaired) electrons. The molecule has 2 aromatic carbocycles. The van der Waals surface area contributed by atoms with Crippen LogP contribution in [0.15, 0.2) is 42.5 Å². The summed E-state index contributed by atoms with van der Waals surface area (Å²) in [5, 5.41) is -0.540. The van der Waals surface area contributed by atoms with Gasteiger partial charge in [0.1, 0.15) is 11.6 Å². The first-order chi connectivity index (χ1) is 11.0. The SMILES string of the molecule is CC[Si](OC)(OC)C(=O)c1c(F)cc(F)cc1-c1ccccc1. The van der Waals surface area contributed by atoms with E-state index in [-0.39, 0.29) is 11.1 Å². The van der Waals surface area contributed by atoms with Crippen molar-refractivity contribution < 1.29 is 22.4 Å². The predicted octanol–water partition coefficient (Wildman–Crippen LogP) is 4.11. The van der Waals surface area contributed by atoms with Gasteiger partial charge in [-0.3, -0.25) is 4.79 Å². The van der Waals surface area contributed by atoms with Gasteiger partial charge in [0.15, 0.2) is 0 Å². The molecule has 0 atom stereocenters. The topological polar surface area (TPSA) is 35.5 Å². The summed E-state index contributed by atoms with van der Waals surface area (Å²) < 4.78 is 38.8. The van der Waals surface area contributed by atoms with Gasteiger partial charge in [-0.1, -0.05) is 37.3 Å². The molecular formula is C17H18F2O3Si. The van der Waals surface area contributed by atoms with Gasteiger partial charge in [0, 0.05) is 20.3 Å². The monoisotopic (exact) mass is 336 g/mol. The summed E-state index contributed by atoms with van der Waals surface area (Å²) in [6.07, 6.45) is 0. The van der Waals surface area contributed by atoms with E-state index in [1.54, 1.807) is 37.3 Å². The summed E-state index contributed by atoms with van der Waals surface area (Å²) in [4.78, 5) is 12.9. The highest BCUT2D eigenvalue weighted by Crippen LogP contribution is 2.31. The van der Waals surface area contributed by atoms with Crippen molar-refractivity contribution in [3.05, 3.63) is 59.7 Å². The van der Waals surface area contributed by atoms with E-state index in [9.17, 15) is 13.6 Å². The van der Waals surface area contributed by atoms with Gasteiger partial charge in [0.2, 0.25) is 5.41 Å². The Kier molecular flexibility index (Phi) is 5.41. The molecule has 0 fully saturated rings. The zero-order chi connectivity index (χ0) is 17.0. The fourth-order valence-corrected chi connectivity index (χ4v) is 4.63. The molecule has 122 valence electrons. The molecule has 6 heteroatoms. The first-order valence-corrected chi connectivity index (χ1v) is 9.21. The lowest BCUT2D eigenvalue weighted by Crippen LogP contribution is -2.49. The second-order valence-electron chi connectivity index (χ2n) is 5.02. The summed E-state index contributed by atoms with van der Waals surface area (Å²) in [6, 6.07) is 10.8. The Morgan fingerprint density at radius 3 is 2.22 bits per heavy atom. The maximum absolute atomic E-state index is 14.4. The molecule has 0 aliphatic heterocycles. The lowest BCUT2D eigenvalue weighted by molar-refractivity contribution is 0.0977. The number of rotatable bonds is 6. The number of carbonyl (C=O) groups is 1. The summed E-state index contributed by atoms with van der Waals surface area (Å²) in [5.74, 6) is -1.65. The average Bonchev–Trinajstić information content (AvgIpc) is 2.57.